The maximum absolute atomic E-state index is 13.5. The average Bonchev–Trinajstić information content (AvgIpc) is 3.56. The van der Waals surface area contributed by atoms with Crippen LogP contribution in [0.1, 0.15) is 24.0 Å². The first-order chi connectivity index (χ1) is 16.7. The molecule has 36 heavy (non-hydrogen) atoms. The quantitative estimate of drug-likeness (QED) is 0.518. The van der Waals surface area contributed by atoms with E-state index in [4.69, 9.17) is 10.00 Å². The van der Waals surface area contributed by atoms with E-state index < -0.39 is 67.2 Å². The molecular weight excluding hydrogens is 527 g/mol. The van der Waals surface area contributed by atoms with Gasteiger partial charge in [0.2, 0.25) is 19.9 Å². The molecule has 2 aliphatic rings. The van der Waals surface area contributed by atoms with E-state index in [9.17, 15) is 40.2 Å². The number of nitrogens with zero attached hydrogens (tertiary/aromatic N) is 3. The Hall–Kier alpha value is -2.77. The summed E-state index contributed by atoms with van der Waals surface area (Å²) >= 11 is 0. The molecular formula is C21H20F3N3O7S2. The molecule has 10 nitrogen and oxygen atoms in total. The Morgan fingerprint density at radius 2 is 1.89 bits per heavy atom. The first-order valence-corrected chi connectivity index (χ1v) is 13.5. The summed E-state index contributed by atoms with van der Waals surface area (Å²) in [5, 5.41) is 27.1. The molecule has 0 amide bonds. The molecule has 2 aromatic rings. The highest BCUT2D eigenvalue weighted by Gasteiger charge is 2.56. The Morgan fingerprint density at radius 3 is 2.42 bits per heavy atom. The summed E-state index contributed by atoms with van der Waals surface area (Å²) in [5.74, 6) is -0.111. The smallest absolute Gasteiger partial charge is 0.417 e. The number of alkyl halides is 3. The predicted molar refractivity (Wildman–Crippen MR) is 116 cm³/mol. The lowest BCUT2D eigenvalue weighted by molar-refractivity contribution is -0.137. The van der Waals surface area contributed by atoms with Crippen molar-refractivity contribution >= 4 is 19.9 Å². The minimum absolute atomic E-state index is 0.111. The second-order valence-electron chi connectivity index (χ2n) is 8.57. The fourth-order valence-electron chi connectivity index (χ4n) is 3.80. The van der Waals surface area contributed by atoms with Gasteiger partial charge in [-0.3, -0.25) is 0 Å². The van der Waals surface area contributed by atoms with Crippen molar-refractivity contribution in [3.63, 3.8) is 0 Å². The minimum Gasteiger partial charge on any atom is -0.489 e. The van der Waals surface area contributed by atoms with Crippen molar-refractivity contribution in [1.82, 2.24) is 9.29 Å². The highest BCUT2D eigenvalue weighted by Crippen LogP contribution is 2.38. The zero-order valence-corrected chi connectivity index (χ0v) is 20.0. The molecule has 1 aromatic carbocycles. The predicted octanol–water partition coefficient (Wildman–Crippen LogP) is 1.08. The summed E-state index contributed by atoms with van der Waals surface area (Å²) in [5.41, 5.74) is -3.54. The van der Waals surface area contributed by atoms with Crippen LogP contribution in [0.25, 0.3) is 0 Å². The number of sulfone groups is 1. The molecule has 0 spiro atoms. The number of ether oxygens (including phenoxy) is 1. The number of halogens is 3. The molecule has 1 saturated carbocycles. The topological polar surface area (TPSA) is 158 Å². The second-order valence-corrected chi connectivity index (χ2v) is 12.5. The number of β-amino-alcohol motifs (C(OH)–C–C–N with tert-alkyl or cyclic N) is 1. The van der Waals surface area contributed by atoms with E-state index in [0.29, 0.717) is 35.5 Å². The Labute approximate surface area is 204 Å². The van der Waals surface area contributed by atoms with E-state index in [1.54, 1.807) is 0 Å². The van der Waals surface area contributed by atoms with Crippen LogP contribution < -0.4 is 4.74 Å². The normalized spacial score (nSPS) is 23.4. The third-order valence-electron chi connectivity index (χ3n) is 5.93. The van der Waals surface area contributed by atoms with Crippen LogP contribution in [0.5, 0.6) is 5.75 Å². The number of hydrogen-bond acceptors (Lipinski definition) is 9. The largest absolute Gasteiger partial charge is 0.489 e. The van der Waals surface area contributed by atoms with Gasteiger partial charge in [-0.2, -0.15) is 22.7 Å². The van der Waals surface area contributed by atoms with Gasteiger partial charge in [-0.05, 0) is 43.2 Å². The molecule has 0 radical (unpaired) electrons. The third-order valence-corrected chi connectivity index (χ3v) is 9.94. The number of pyridine rings is 1. The van der Waals surface area contributed by atoms with Crippen molar-refractivity contribution in [1.29, 1.82) is 5.26 Å². The minimum atomic E-state index is -4.76. The number of aliphatic hydroxyl groups excluding tert-OH is 1. The summed E-state index contributed by atoms with van der Waals surface area (Å²) in [7, 11) is -9.20. The third kappa shape index (κ3) is 4.78. The van der Waals surface area contributed by atoms with Crippen molar-refractivity contribution in [3.8, 4) is 11.8 Å². The van der Waals surface area contributed by atoms with Gasteiger partial charge in [0.15, 0.2) is 5.03 Å². The molecule has 0 bridgehead atoms. The summed E-state index contributed by atoms with van der Waals surface area (Å²) in [6, 6.07) is 6.58. The lowest BCUT2D eigenvalue weighted by atomic mass is 10.1. The van der Waals surface area contributed by atoms with Crippen LogP contribution in [0.15, 0.2) is 46.5 Å². The van der Waals surface area contributed by atoms with Gasteiger partial charge in [0.1, 0.15) is 21.5 Å². The van der Waals surface area contributed by atoms with Crippen molar-refractivity contribution in [2.75, 3.05) is 19.7 Å². The zero-order valence-electron chi connectivity index (χ0n) is 18.4. The molecule has 4 rings (SSSR count). The van der Waals surface area contributed by atoms with Crippen LogP contribution in [0, 0.1) is 11.3 Å². The van der Waals surface area contributed by atoms with E-state index in [-0.39, 0.29) is 22.3 Å². The van der Waals surface area contributed by atoms with Gasteiger partial charge in [0, 0.05) is 19.3 Å². The van der Waals surface area contributed by atoms with Crippen LogP contribution in [-0.4, -0.2) is 73.0 Å². The molecule has 1 aromatic heterocycles. The summed E-state index contributed by atoms with van der Waals surface area (Å²) in [6.07, 6.45) is -3.32. The van der Waals surface area contributed by atoms with Gasteiger partial charge < -0.3 is 14.9 Å². The van der Waals surface area contributed by atoms with Gasteiger partial charge in [-0.1, -0.05) is 0 Å². The summed E-state index contributed by atoms with van der Waals surface area (Å²) < 4.78 is 98.1. The van der Waals surface area contributed by atoms with Crippen LogP contribution >= 0.6 is 0 Å². The van der Waals surface area contributed by atoms with E-state index in [1.165, 1.54) is 12.1 Å². The molecule has 1 saturated heterocycles. The van der Waals surface area contributed by atoms with Crippen molar-refractivity contribution in [2.24, 2.45) is 0 Å². The molecule has 2 heterocycles. The Kier molecular flexibility index (Phi) is 6.55. The molecule has 0 unspecified atom stereocenters. The molecule has 1 aliphatic carbocycles. The fraction of sp³-hybridized carbons (Fsp3) is 0.429. The number of nitriles is 1. The Balaban J connectivity index is 1.69. The molecule has 2 N–H and O–H groups in total. The molecule has 2 atom stereocenters. The lowest BCUT2D eigenvalue weighted by Gasteiger charge is -2.26. The number of aliphatic hydroxyl groups is 2. The van der Waals surface area contributed by atoms with Crippen LogP contribution in [0.2, 0.25) is 0 Å². The zero-order chi connectivity index (χ0) is 26.5. The number of aromatic nitrogens is 1. The monoisotopic (exact) mass is 547 g/mol. The SMILES string of the molecule is N#Cc1ccc(S(=O)(=O)N2C[C@H](S(=O)(=O)c3ccc(C(F)(F)F)cn3)[C@](O)(CO)C2)c(OC2CC2)c1. The molecule has 1 aliphatic heterocycles. The highest BCUT2D eigenvalue weighted by molar-refractivity contribution is 7.92. The fourth-order valence-corrected chi connectivity index (χ4v) is 7.36. The standard InChI is InChI=1S/C21H20F3N3O7S2/c22-21(23,24)14-2-6-19(26-9-14)35(30,31)18-10-27(11-20(18,29)12-28)36(32,33)17-5-1-13(8-25)7-16(17)34-15-3-4-15/h1-2,5-7,9,15,18,28-29H,3-4,10-12H2/t18-,20+/m0/s1. The lowest BCUT2D eigenvalue weighted by Crippen LogP contribution is -2.49. The van der Waals surface area contributed by atoms with Crippen LogP contribution in [0.3, 0.4) is 0 Å². The highest BCUT2D eigenvalue weighted by atomic mass is 32.2. The van der Waals surface area contributed by atoms with Crippen LogP contribution in [-0.2, 0) is 26.0 Å². The van der Waals surface area contributed by atoms with Gasteiger partial charge in [-0.15, -0.1) is 0 Å². The number of sulfonamides is 1. The van der Waals surface area contributed by atoms with Gasteiger partial charge in [0.05, 0.1) is 29.9 Å². The molecule has 2 fully saturated rings. The summed E-state index contributed by atoms with van der Waals surface area (Å²) in [4.78, 5) is 3.00. The van der Waals surface area contributed by atoms with Gasteiger partial charge in [-0.25, -0.2) is 21.8 Å². The average molecular weight is 548 g/mol. The van der Waals surface area contributed by atoms with Gasteiger partial charge >= 0.3 is 6.18 Å². The van der Waals surface area contributed by atoms with E-state index in [2.05, 4.69) is 4.98 Å². The van der Waals surface area contributed by atoms with E-state index >= 15 is 0 Å². The number of hydrogen-bond donors (Lipinski definition) is 2. The van der Waals surface area contributed by atoms with E-state index in [0.717, 1.165) is 6.07 Å². The summed E-state index contributed by atoms with van der Waals surface area (Å²) in [6.45, 7) is -2.78. The second kappa shape index (κ2) is 8.96. The number of rotatable bonds is 7. The maximum Gasteiger partial charge on any atom is 0.417 e. The first-order valence-electron chi connectivity index (χ1n) is 10.5. The van der Waals surface area contributed by atoms with Crippen molar-refractivity contribution in [3.05, 3.63) is 47.7 Å². The maximum atomic E-state index is 13.5. The molecule has 15 heteroatoms. The van der Waals surface area contributed by atoms with E-state index in [1.807, 2.05) is 6.07 Å². The van der Waals surface area contributed by atoms with Gasteiger partial charge in [0.25, 0.3) is 0 Å². The Bertz CT molecular complexity index is 1420. The van der Waals surface area contributed by atoms with Crippen LogP contribution in [0.4, 0.5) is 13.2 Å². The number of benzene rings is 1. The molecule has 194 valence electrons. The first kappa shape index (κ1) is 26.3. The van der Waals surface area contributed by atoms with Crippen molar-refractivity contribution < 1.29 is 45.0 Å². The Morgan fingerprint density at radius 1 is 1.19 bits per heavy atom. The van der Waals surface area contributed by atoms with Crippen molar-refractivity contribution in [2.45, 2.75) is 45.9 Å².